The highest BCUT2D eigenvalue weighted by atomic mass is 32.1. The summed E-state index contributed by atoms with van der Waals surface area (Å²) >= 11 is 1.49. The molecule has 2 aromatic heterocycles. The molecular weight excluding hydrogens is 403 g/mol. The van der Waals surface area contributed by atoms with Crippen molar-refractivity contribution in [1.82, 2.24) is 9.97 Å². The normalized spacial score (nSPS) is 10.5. The van der Waals surface area contributed by atoms with Crippen LogP contribution in [0.2, 0.25) is 0 Å². The number of aromatic nitrogens is 2. The number of ether oxygens (including phenoxy) is 1. The molecule has 0 saturated carbocycles. The molecule has 2 heterocycles. The molecule has 1 amide bonds. The van der Waals surface area contributed by atoms with Crippen molar-refractivity contribution < 1.29 is 13.9 Å². The Morgan fingerprint density at radius 2 is 1.93 bits per heavy atom. The van der Waals surface area contributed by atoms with E-state index in [1.807, 2.05) is 29.6 Å². The van der Waals surface area contributed by atoms with Crippen LogP contribution in [-0.4, -0.2) is 23.0 Å². The molecule has 6 nitrogen and oxygen atoms in total. The van der Waals surface area contributed by atoms with E-state index in [0.717, 1.165) is 28.1 Å². The lowest BCUT2D eigenvalue weighted by Gasteiger charge is -2.07. The van der Waals surface area contributed by atoms with E-state index in [1.54, 1.807) is 24.5 Å². The second kappa shape index (κ2) is 8.71. The number of thiazole rings is 1. The van der Waals surface area contributed by atoms with Crippen LogP contribution in [0.4, 0.5) is 20.9 Å². The fourth-order valence-electron chi connectivity index (χ4n) is 2.76. The molecule has 2 N–H and O–H groups in total. The van der Waals surface area contributed by atoms with Gasteiger partial charge in [-0.15, -0.1) is 11.3 Å². The SMILES string of the molecule is COc1ccc(C(=O)Nc2ccc(-c3csc(Nc4cccnc4)n3)cc2)cc1F. The summed E-state index contributed by atoms with van der Waals surface area (Å²) in [6.07, 6.45) is 3.44. The molecule has 8 heteroatoms. The van der Waals surface area contributed by atoms with Crippen LogP contribution < -0.4 is 15.4 Å². The summed E-state index contributed by atoms with van der Waals surface area (Å²) in [5.41, 5.74) is 3.42. The molecule has 2 aromatic carbocycles. The van der Waals surface area contributed by atoms with Crippen molar-refractivity contribution in [2.45, 2.75) is 0 Å². The van der Waals surface area contributed by atoms with Gasteiger partial charge in [-0.3, -0.25) is 9.78 Å². The number of hydrogen-bond acceptors (Lipinski definition) is 6. The Labute approximate surface area is 176 Å². The molecule has 0 atom stereocenters. The van der Waals surface area contributed by atoms with Crippen molar-refractivity contribution in [2.75, 3.05) is 17.7 Å². The zero-order chi connectivity index (χ0) is 20.9. The van der Waals surface area contributed by atoms with E-state index in [0.29, 0.717) is 5.69 Å². The van der Waals surface area contributed by atoms with E-state index < -0.39 is 11.7 Å². The third-order valence-electron chi connectivity index (χ3n) is 4.27. The highest BCUT2D eigenvalue weighted by Crippen LogP contribution is 2.28. The molecule has 0 fully saturated rings. The number of nitrogens with zero attached hydrogens (tertiary/aromatic N) is 2. The van der Waals surface area contributed by atoms with Crippen molar-refractivity contribution in [3.63, 3.8) is 0 Å². The lowest BCUT2D eigenvalue weighted by atomic mass is 10.1. The summed E-state index contributed by atoms with van der Waals surface area (Å²) in [5.74, 6) is -0.891. The van der Waals surface area contributed by atoms with Crippen molar-refractivity contribution in [3.8, 4) is 17.0 Å². The predicted molar refractivity (Wildman–Crippen MR) is 116 cm³/mol. The van der Waals surface area contributed by atoms with Crippen LogP contribution in [-0.2, 0) is 0 Å². The van der Waals surface area contributed by atoms with Crippen LogP contribution in [0.25, 0.3) is 11.3 Å². The third-order valence-corrected chi connectivity index (χ3v) is 5.03. The predicted octanol–water partition coefficient (Wildman–Crippen LogP) is 5.35. The quantitative estimate of drug-likeness (QED) is 0.440. The van der Waals surface area contributed by atoms with E-state index >= 15 is 0 Å². The fourth-order valence-corrected chi connectivity index (χ4v) is 3.50. The molecular formula is C22H17FN4O2S. The topological polar surface area (TPSA) is 76.1 Å². The molecule has 0 spiro atoms. The summed E-state index contributed by atoms with van der Waals surface area (Å²) in [4.78, 5) is 21.0. The number of anilines is 3. The van der Waals surface area contributed by atoms with Crippen molar-refractivity contribution in [3.05, 3.63) is 83.8 Å². The largest absolute Gasteiger partial charge is 0.494 e. The number of methoxy groups -OCH3 is 1. The number of rotatable bonds is 6. The van der Waals surface area contributed by atoms with Gasteiger partial charge in [-0.25, -0.2) is 9.37 Å². The first kappa shape index (κ1) is 19.5. The van der Waals surface area contributed by atoms with Gasteiger partial charge in [0.25, 0.3) is 5.91 Å². The number of amides is 1. The van der Waals surface area contributed by atoms with Crippen LogP contribution in [0.5, 0.6) is 5.75 Å². The van der Waals surface area contributed by atoms with Gasteiger partial charge in [0.2, 0.25) is 0 Å². The molecule has 0 unspecified atom stereocenters. The van der Waals surface area contributed by atoms with Crippen LogP contribution in [0, 0.1) is 5.82 Å². The first-order chi connectivity index (χ1) is 14.6. The Bertz CT molecular complexity index is 1160. The fraction of sp³-hybridized carbons (Fsp3) is 0.0455. The first-order valence-electron chi connectivity index (χ1n) is 9.00. The number of benzene rings is 2. The van der Waals surface area contributed by atoms with Crippen molar-refractivity contribution in [1.29, 1.82) is 0 Å². The van der Waals surface area contributed by atoms with Crippen LogP contribution in [0.1, 0.15) is 10.4 Å². The lowest BCUT2D eigenvalue weighted by Crippen LogP contribution is -2.12. The summed E-state index contributed by atoms with van der Waals surface area (Å²) in [7, 11) is 1.37. The highest BCUT2D eigenvalue weighted by Gasteiger charge is 2.11. The van der Waals surface area contributed by atoms with Gasteiger partial charge < -0.3 is 15.4 Å². The van der Waals surface area contributed by atoms with Crippen LogP contribution in [0.3, 0.4) is 0 Å². The Kier molecular flexibility index (Phi) is 5.67. The average molecular weight is 420 g/mol. The van der Waals surface area contributed by atoms with Gasteiger partial charge in [-0.1, -0.05) is 12.1 Å². The van der Waals surface area contributed by atoms with E-state index in [2.05, 4.69) is 20.6 Å². The van der Waals surface area contributed by atoms with Crippen molar-refractivity contribution in [2.24, 2.45) is 0 Å². The monoisotopic (exact) mass is 420 g/mol. The Hall–Kier alpha value is -3.78. The second-order valence-electron chi connectivity index (χ2n) is 6.29. The molecule has 0 aliphatic rings. The number of nitrogens with one attached hydrogen (secondary N) is 2. The lowest BCUT2D eigenvalue weighted by molar-refractivity contribution is 0.102. The molecule has 0 saturated heterocycles. The molecule has 0 radical (unpaired) electrons. The average Bonchev–Trinajstić information content (AvgIpc) is 3.23. The minimum Gasteiger partial charge on any atom is -0.494 e. The number of halogens is 1. The minimum absolute atomic E-state index is 0.0940. The molecule has 0 aliphatic carbocycles. The third kappa shape index (κ3) is 4.44. The van der Waals surface area contributed by atoms with E-state index in [4.69, 9.17) is 4.74 Å². The molecule has 150 valence electrons. The van der Waals surface area contributed by atoms with Gasteiger partial charge in [0, 0.05) is 28.4 Å². The molecule has 4 aromatic rings. The van der Waals surface area contributed by atoms with Crippen LogP contribution in [0.15, 0.2) is 72.4 Å². The second-order valence-corrected chi connectivity index (χ2v) is 7.14. The Balaban J connectivity index is 1.43. The molecule has 0 bridgehead atoms. The molecule has 0 aliphatic heterocycles. The van der Waals surface area contributed by atoms with Gasteiger partial charge in [-0.05, 0) is 42.5 Å². The minimum atomic E-state index is -0.584. The Morgan fingerprint density at radius 1 is 1.10 bits per heavy atom. The Morgan fingerprint density at radius 3 is 2.63 bits per heavy atom. The molecule has 4 rings (SSSR count). The summed E-state index contributed by atoms with van der Waals surface area (Å²) in [6.45, 7) is 0. The van der Waals surface area contributed by atoms with Gasteiger partial charge in [-0.2, -0.15) is 0 Å². The maximum Gasteiger partial charge on any atom is 0.255 e. The summed E-state index contributed by atoms with van der Waals surface area (Å²) < 4.78 is 18.7. The maximum absolute atomic E-state index is 13.8. The zero-order valence-electron chi connectivity index (χ0n) is 15.9. The van der Waals surface area contributed by atoms with E-state index in [9.17, 15) is 9.18 Å². The van der Waals surface area contributed by atoms with Gasteiger partial charge in [0.15, 0.2) is 16.7 Å². The van der Waals surface area contributed by atoms with Gasteiger partial charge >= 0.3 is 0 Å². The number of hydrogen-bond donors (Lipinski definition) is 2. The summed E-state index contributed by atoms with van der Waals surface area (Å²) in [5, 5.41) is 8.68. The highest BCUT2D eigenvalue weighted by molar-refractivity contribution is 7.14. The van der Waals surface area contributed by atoms with Gasteiger partial charge in [0.1, 0.15) is 0 Å². The summed E-state index contributed by atoms with van der Waals surface area (Å²) in [6, 6.07) is 15.1. The van der Waals surface area contributed by atoms with E-state index in [1.165, 1.54) is 30.6 Å². The first-order valence-corrected chi connectivity index (χ1v) is 9.88. The smallest absolute Gasteiger partial charge is 0.255 e. The van der Waals surface area contributed by atoms with Crippen molar-refractivity contribution >= 4 is 33.8 Å². The van der Waals surface area contributed by atoms with Gasteiger partial charge in [0.05, 0.1) is 24.7 Å². The van der Waals surface area contributed by atoms with Crippen LogP contribution >= 0.6 is 11.3 Å². The maximum atomic E-state index is 13.8. The number of carbonyl (C=O) groups excluding carboxylic acids is 1. The number of carbonyl (C=O) groups is 1. The zero-order valence-corrected chi connectivity index (χ0v) is 16.7. The van der Waals surface area contributed by atoms with E-state index in [-0.39, 0.29) is 11.3 Å². The number of pyridine rings is 1. The molecule has 30 heavy (non-hydrogen) atoms. The standard InChI is InChI=1S/C22H17FN4O2S/c1-29-20-9-6-15(11-18(20)23)21(28)25-16-7-4-14(5-8-16)19-13-30-22(27-19)26-17-3-2-10-24-12-17/h2-13H,1H3,(H,25,28)(H,26,27).